The van der Waals surface area contributed by atoms with E-state index in [0.717, 1.165) is 12.8 Å². The summed E-state index contributed by atoms with van der Waals surface area (Å²) in [5.41, 5.74) is 0.102. The van der Waals surface area contributed by atoms with Crippen molar-refractivity contribution in [1.29, 1.82) is 0 Å². The summed E-state index contributed by atoms with van der Waals surface area (Å²) in [6, 6.07) is 1.04. The Balaban J connectivity index is 1.94. The molecule has 3 heteroatoms. The molecular formula is C14H28N2O. The Bertz CT molecular complexity index is 259. The minimum Gasteiger partial charge on any atom is -0.391 e. The molecule has 1 saturated heterocycles. The summed E-state index contributed by atoms with van der Waals surface area (Å²) in [6.45, 7) is 6.78. The largest absolute Gasteiger partial charge is 0.391 e. The molecule has 0 radical (unpaired) electrons. The highest BCUT2D eigenvalue weighted by Gasteiger charge is 2.43. The number of piperidine rings is 1. The molecule has 2 fully saturated rings. The highest BCUT2D eigenvalue weighted by Crippen LogP contribution is 2.40. The molecule has 2 unspecified atom stereocenters. The van der Waals surface area contributed by atoms with Crippen molar-refractivity contribution < 1.29 is 5.11 Å². The molecule has 1 aliphatic heterocycles. The number of hydrogen-bond donors (Lipinski definition) is 1. The molecule has 100 valence electrons. The molecule has 0 aromatic rings. The van der Waals surface area contributed by atoms with E-state index in [1.807, 2.05) is 0 Å². The van der Waals surface area contributed by atoms with Gasteiger partial charge in [-0.15, -0.1) is 0 Å². The smallest absolute Gasteiger partial charge is 0.0746 e. The van der Waals surface area contributed by atoms with E-state index in [1.165, 1.54) is 25.9 Å². The Labute approximate surface area is 106 Å². The Hall–Kier alpha value is -0.120. The number of aliphatic hydroxyl groups excluding tert-OH is 1. The summed E-state index contributed by atoms with van der Waals surface area (Å²) in [7, 11) is 4.41. The molecule has 17 heavy (non-hydrogen) atoms. The van der Waals surface area contributed by atoms with Crippen LogP contribution in [-0.4, -0.2) is 60.3 Å². The third-order valence-corrected chi connectivity index (χ3v) is 5.04. The van der Waals surface area contributed by atoms with E-state index in [2.05, 4.69) is 37.7 Å². The standard InChI is InChI=1S/C14H28N2O/c1-14(2)8-5-12(13(14)17)16(4)11-6-9-15(3)10-7-11/h11-13,17H,5-10H2,1-4H3. The first-order chi connectivity index (χ1) is 7.92. The molecule has 1 heterocycles. The van der Waals surface area contributed by atoms with E-state index in [9.17, 15) is 5.11 Å². The zero-order valence-electron chi connectivity index (χ0n) is 11.8. The summed E-state index contributed by atoms with van der Waals surface area (Å²) in [5.74, 6) is 0. The molecule has 0 amide bonds. The van der Waals surface area contributed by atoms with Gasteiger partial charge < -0.3 is 10.0 Å². The molecule has 3 nitrogen and oxygen atoms in total. The van der Waals surface area contributed by atoms with Gasteiger partial charge in [0.15, 0.2) is 0 Å². The van der Waals surface area contributed by atoms with Crippen LogP contribution in [0.3, 0.4) is 0 Å². The van der Waals surface area contributed by atoms with Gasteiger partial charge in [0, 0.05) is 12.1 Å². The molecule has 0 aromatic carbocycles. The summed E-state index contributed by atoms with van der Waals surface area (Å²) < 4.78 is 0. The molecule has 0 bridgehead atoms. The summed E-state index contributed by atoms with van der Waals surface area (Å²) >= 11 is 0. The van der Waals surface area contributed by atoms with Gasteiger partial charge in [-0.25, -0.2) is 0 Å². The molecule has 1 N–H and O–H groups in total. The lowest BCUT2D eigenvalue weighted by molar-refractivity contribution is -0.000422. The van der Waals surface area contributed by atoms with E-state index in [1.54, 1.807) is 0 Å². The molecule has 0 aromatic heterocycles. The first-order valence-electron chi connectivity index (χ1n) is 7.00. The van der Waals surface area contributed by atoms with Crippen LogP contribution in [0.25, 0.3) is 0 Å². The van der Waals surface area contributed by atoms with Gasteiger partial charge in [0.25, 0.3) is 0 Å². The zero-order chi connectivity index (χ0) is 12.6. The van der Waals surface area contributed by atoms with Gasteiger partial charge in [0.1, 0.15) is 0 Å². The second-order valence-electron chi connectivity index (χ2n) is 6.74. The van der Waals surface area contributed by atoms with Crippen molar-refractivity contribution >= 4 is 0 Å². The van der Waals surface area contributed by atoms with E-state index in [4.69, 9.17) is 0 Å². The van der Waals surface area contributed by atoms with Crippen molar-refractivity contribution in [2.24, 2.45) is 5.41 Å². The fraction of sp³-hybridized carbons (Fsp3) is 1.00. The maximum atomic E-state index is 10.4. The Morgan fingerprint density at radius 3 is 2.24 bits per heavy atom. The molecular weight excluding hydrogens is 212 g/mol. The molecule has 2 rings (SSSR count). The Morgan fingerprint density at radius 1 is 1.18 bits per heavy atom. The summed E-state index contributed by atoms with van der Waals surface area (Å²) in [6.07, 6.45) is 4.63. The first kappa shape index (κ1) is 13.3. The number of hydrogen-bond acceptors (Lipinski definition) is 3. The third-order valence-electron chi connectivity index (χ3n) is 5.04. The number of aliphatic hydroxyl groups is 1. The second kappa shape index (κ2) is 4.87. The monoisotopic (exact) mass is 240 g/mol. The van der Waals surface area contributed by atoms with Crippen LogP contribution in [0.15, 0.2) is 0 Å². The average Bonchev–Trinajstić information content (AvgIpc) is 2.55. The predicted octanol–water partition coefficient (Wildman–Crippen LogP) is 1.56. The van der Waals surface area contributed by atoms with Crippen molar-refractivity contribution in [1.82, 2.24) is 9.80 Å². The van der Waals surface area contributed by atoms with Crippen molar-refractivity contribution in [3.05, 3.63) is 0 Å². The minimum atomic E-state index is -0.160. The van der Waals surface area contributed by atoms with Crippen LogP contribution < -0.4 is 0 Å². The van der Waals surface area contributed by atoms with Gasteiger partial charge in [-0.05, 0) is 58.3 Å². The highest BCUT2D eigenvalue weighted by atomic mass is 16.3. The Kier molecular flexibility index (Phi) is 3.81. The fourth-order valence-electron chi connectivity index (χ4n) is 3.45. The normalized spacial score (nSPS) is 35.6. The van der Waals surface area contributed by atoms with Crippen LogP contribution in [-0.2, 0) is 0 Å². The van der Waals surface area contributed by atoms with Gasteiger partial charge in [-0.3, -0.25) is 4.90 Å². The summed E-state index contributed by atoms with van der Waals surface area (Å²) in [4.78, 5) is 4.87. The molecule has 0 spiro atoms. The van der Waals surface area contributed by atoms with Gasteiger partial charge in [-0.2, -0.15) is 0 Å². The van der Waals surface area contributed by atoms with Gasteiger partial charge >= 0.3 is 0 Å². The molecule has 2 atom stereocenters. The average molecular weight is 240 g/mol. The van der Waals surface area contributed by atoms with Crippen LogP contribution >= 0.6 is 0 Å². The summed E-state index contributed by atoms with van der Waals surface area (Å²) in [5, 5.41) is 10.4. The maximum Gasteiger partial charge on any atom is 0.0746 e. The number of rotatable bonds is 2. The SMILES string of the molecule is CN1CCC(N(C)C2CCC(C)(C)C2O)CC1. The van der Waals surface area contributed by atoms with Crippen LogP contribution in [0, 0.1) is 5.41 Å². The zero-order valence-corrected chi connectivity index (χ0v) is 11.8. The van der Waals surface area contributed by atoms with Crippen LogP contribution in [0.1, 0.15) is 39.5 Å². The first-order valence-corrected chi connectivity index (χ1v) is 7.00. The second-order valence-corrected chi connectivity index (χ2v) is 6.74. The Morgan fingerprint density at radius 2 is 1.76 bits per heavy atom. The van der Waals surface area contributed by atoms with Crippen molar-refractivity contribution in [2.45, 2.75) is 57.7 Å². The van der Waals surface area contributed by atoms with E-state index >= 15 is 0 Å². The van der Waals surface area contributed by atoms with Crippen LogP contribution in [0.2, 0.25) is 0 Å². The van der Waals surface area contributed by atoms with Gasteiger partial charge in [-0.1, -0.05) is 13.8 Å². The number of nitrogens with zero attached hydrogens (tertiary/aromatic N) is 2. The van der Waals surface area contributed by atoms with E-state index < -0.39 is 0 Å². The lowest BCUT2D eigenvalue weighted by atomic mass is 9.88. The van der Waals surface area contributed by atoms with Crippen molar-refractivity contribution in [3.8, 4) is 0 Å². The van der Waals surface area contributed by atoms with Crippen LogP contribution in [0.5, 0.6) is 0 Å². The molecule has 1 saturated carbocycles. The fourth-order valence-corrected chi connectivity index (χ4v) is 3.45. The minimum absolute atomic E-state index is 0.102. The lowest BCUT2D eigenvalue weighted by Crippen LogP contribution is -2.50. The number of likely N-dealkylation sites (tertiary alicyclic amines) is 1. The molecule has 2 aliphatic rings. The van der Waals surface area contributed by atoms with Gasteiger partial charge in [0.2, 0.25) is 0 Å². The predicted molar refractivity (Wildman–Crippen MR) is 71.1 cm³/mol. The maximum absolute atomic E-state index is 10.4. The third kappa shape index (κ3) is 2.67. The quantitative estimate of drug-likeness (QED) is 0.793. The van der Waals surface area contributed by atoms with E-state index in [0.29, 0.717) is 12.1 Å². The number of likely N-dealkylation sites (N-methyl/N-ethyl adjacent to an activating group) is 1. The lowest BCUT2D eigenvalue weighted by Gasteiger charge is -2.40. The molecule has 1 aliphatic carbocycles. The van der Waals surface area contributed by atoms with Crippen molar-refractivity contribution in [2.75, 3.05) is 27.2 Å². The highest BCUT2D eigenvalue weighted by molar-refractivity contribution is 4.97. The topological polar surface area (TPSA) is 26.7 Å². The van der Waals surface area contributed by atoms with E-state index in [-0.39, 0.29) is 11.5 Å². The van der Waals surface area contributed by atoms with Crippen LogP contribution in [0.4, 0.5) is 0 Å². The van der Waals surface area contributed by atoms with Gasteiger partial charge in [0.05, 0.1) is 6.10 Å². The van der Waals surface area contributed by atoms with Crippen molar-refractivity contribution in [3.63, 3.8) is 0 Å².